The standard InChI is InChI=1S/C24H35N3O6S/c1-6-32-22(28)19-15(2)26-16(3)20(23(29)33-13-9-12-17-10-7-8-11-17)21(19)18-14-25-24(27(18)4)34(5,30)31/h14,17,21,26H,6-13H2,1-5H3. The Morgan fingerprint density at radius 2 is 1.71 bits per heavy atom. The largest absolute Gasteiger partial charge is 0.463 e. The van der Waals surface area contributed by atoms with Gasteiger partial charge in [0.25, 0.3) is 0 Å². The molecular formula is C24H35N3O6S. The maximum atomic E-state index is 13.3. The topological polar surface area (TPSA) is 117 Å². The smallest absolute Gasteiger partial charge is 0.336 e. The summed E-state index contributed by atoms with van der Waals surface area (Å²) in [6.45, 7) is 5.61. The van der Waals surface area contributed by atoms with Gasteiger partial charge < -0.3 is 19.4 Å². The van der Waals surface area contributed by atoms with Crippen molar-refractivity contribution in [3.05, 3.63) is 34.4 Å². The molecule has 34 heavy (non-hydrogen) atoms. The Morgan fingerprint density at radius 1 is 1.12 bits per heavy atom. The zero-order valence-electron chi connectivity index (χ0n) is 20.6. The zero-order chi connectivity index (χ0) is 25.0. The third kappa shape index (κ3) is 5.54. The molecule has 1 aliphatic heterocycles. The average Bonchev–Trinajstić information content (AvgIpc) is 3.39. The van der Waals surface area contributed by atoms with E-state index >= 15 is 0 Å². The second-order valence-corrected chi connectivity index (χ2v) is 11.0. The zero-order valence-corrected chi connectivity index (χ0v) is 21.5. The molecule has 0 bridgehead atoms. The molecule has 1 unspecified atom stereocenters. The van der Waals surface area contributed by atoms with E-state index < -0.39 is 27.7 Å². The number of ether oxygens (including phenoxy) is 2. The molecule has 2 aliphatic rings. The summed E-state index contributed by atoms with van der Waals surface area (Å²) in [5.41, 5.74) is 1.94. The van der Waals surface area contributed by atoms with Gasteiger partial charge in [-0.1, -0.05) is 25.7 Å². The number of allylic oxidation sites excluding steroid dienone is 2. The van der Waals surface area contributed by atoms with Crippen LogP contribution in [0.3, 0.4) is 0 Å². The summed E-state index contributed by atoms with van der Waals surface area (Å²) in [6.07, 6.45) is 9.28. The Hall–Kier alpha value is -2.62. The molecule has 1 aromatic rings. The molecule has 2 heterocycles. The van der Waals surface area contributed by atoms with Crippen LogP contribution >= 0.6 is 0 Å². The van der Waals surface area contributed by atoms with Crippen molar-refractivity contribution in [2.24, 2.45) is 13.0 Å². The summed E-state index contributed by atoms with van der Waals surface area (Å²) in [5.74, 6) is -1.30. The number of dihydropyridines is 1. The van der Waals surface area contributed by atoms with E-state index in [9.17, 15) is 18.0 Å². The van der Waals surface area contributed by atoms with Gasteiger partial charge in [0.15, 0.2) is 0 Å². The molecule has 188 valence electrons. The van der Waals surface area contributed by atoms with Crippen molar-refractivity contribution in [1.29, 1.82) is 0 Å². The predicted molar refractivity (Wildman–Crippen MR) is 126 cm³/mol. The number of nitrogens with zero attached hydrogens (tertiary/aromatic N) is 2. The molecule has 3 rings (SSSR count). The fourth-order valence-electron chi connectivity index (χ4n) is 4.97. The number of nitrogens with one attached hydrogen (secondary N) is 1. The van der Waals surface area contributed by atoms with Crippen molar-refractivity contribution in [1.82, 2.24) is 14.9 Å². The number of hydrogen-bond donors (Lipinski definition) is 1. The van der Waals surface area contributed by atoms with Crippen molar-refractivity contribution in [2.45, 2.75) is 70.4 Å². The molecule has 1 atom stereocenters. The lowest BCUT2D eigenvalue weighted by atomic mass is 9.83. The molecule has 0 radical (unpaired) electrons. The van der Waals surface area contributed by atoms with Gasteiger partial charge >= 0.3 is 11.9 Å². The molecule has 1 N–H and O–H groups in total. The SMILES string of the molecule is CCOC(=O)C1=C(C)NC(C)=C(C(=O)OCCCC2CCCC2)C1c1cnc(S(C)(=O)=O)n1C. The van der Waals surface area contributed by atoms with E-state index in [-0.39, 0.29) is 29.5 Å². The maximum absolute atomic E-state index is 13.3. The van der Waals surface area contributed by atoms with Gasteiger partial charge in [-0.05, 0) is 39.5 Å². The number of carbonyl (C=O) groups is 2. The Kier molecular flexibility index (Phi) is 8.22. The number of hydrogen-bond acceptors (Lipinski definition) is 8. The third-order valence-corrected chi connectivity index (χ3v) is 7.59. The van der Waals surface area contributed by atoms with Crippen LogP contribution < -0.4 is 5.32 Å². The second kappa shape index (κ2) is 10.8. The molecule has 9 nitrogen and oxygen atoms in total. The summed E-state index contributed by atoms with van der Waals surface area (Å²) in [5, 5.41) is 2.95. The van der Waals surface area contributed by atoms with Crippen molar-refractivity contribution in [2.75, 3.05) is 19.5 Å². The lowest BCUT2D eigenvalue weighted by Gasteiger charge is -2.30. The van der Waals surface area contributed by atoms with Gasteiger partial charge in [0, 0.05) is 24.7 Å². The van der Waals surface area contributed by atoms with Gasteiger partial charge in [0.1, 0.15) is 0 Å². The number of carbonyl (C=O) groups excluding carboxylic acids is 2. The first-order valence-electron chi connectivity index (χ1n) is 11.8. The molecule has 1 aliphatic carbocycles. The van der Waals surface area contributed by atoms with Crippen LogP contribution in [-0.2, 0) is 35.9 Å². The fourth-order valence-corrected chi connectivity index (χ4v) is 5.82. The van der Waals surface area contributed by atoms with Crippen molar-refractivity contribution in [3.63, 3.8) is 0 Å². The second-order valence-electron chi connectivity index (χ2n) is 9.08. The van der Waals surface area contributed by atoms with Gasteiger partial charge in [0.2, 0.25) is 15.0 Å². The minimum atomic E-state index is -3.62. The van der Waals surface area contributed by atoms with Crippen molar-refractivity contribution in [3.8, 4) is 0 Å². The maximum Gasteiger partial charge on any atom is 0.336 e. The van der Waals surface area contributed by atoms with Crippen LogP contribution in [-0.4, -0.2) is 49.4 Å². The van der Waals surface area contributed by atoms with Crippen LogP contribution in [0.2, 0.25) is 0 Å². The lowest BCUT2D eigenvalue weighted by Crippen LogP contribution is -2.33. The van der Waals surface area contributed by atoms with E-state index in [1.807, 2.05) is 0 Å². The molecule has 0 saturated heterocycles. The molecule has 1 aromatic heterocycles. The fraction of sp³-hybridized carbons (Fsp3) is 0.625. The normalized spacial score (nSPS) is 19.4. The molecule has 0 amide bonds. The lowest BCUT2D eigenvalue weighted by molar-refractivity contribution is -0.140. The Morgan fingerprint density at radius 3 is 2.24 bits per heavy atom. The van der Waals surface area contributed by atoms with E-state index in [1.165, 1.54) is 36.4 Å². The van der Waals surface area contributed by atoms with E-state index in [4.69, 9.17) is 9.47 Å². The van der Waals surface area contributed by atoms with Gasteiger partial charge in [0.05, 0.1) is 42.2 Å². The van der Waals surface area contributed by atoms with Crippen molar-refractivity contribution < 1.29 is 27.5 Å². The van der Waals surface area contributed by atoms with E-state index in [2.05, 4.69) is 10.3 Å². The predicted octanol–water partition coefficient (Wildman–Crippen LogP) is 3.14. The van der Waals surface area contributed by atoms with E-state index in [0.29, 0.717) is 23.0 Å². The highest BCUT2D eigenvalue weighted by Crippen LogP contribution is 2.39. The number of sulfone groups is 1. The van der Waals surface area contributed by atoms with Crippen LogP contribution in [0.1, 0.15) is 70.9 Å². The van der Waals surface area contributed by atoms with Crippen LogP contribution in [0.4, 0.5) is 0 Å². The average molecular weight is 494 g/mol. The minimum Gasteiger partial charge on any atom is -0.463 e. The highest BCUT2D eigenvalue weighted by molar-refractivity contribution is 7.90. The van der Waals surface area contributed by atoms with E-state index in [0.717, 1.165) is 19.1 Å². The first-order valence-corrected chi connectivity index (χ1v) is 13.7. The van der Waals surface area contributed by atoms with E-state index in [1.54, 1.807) is 27.8 Å². The van der Waals surface area contributed by atoms with Crippen LogP contribution in [0.5, 0.6) is 0 Å². The summed E-state index contributed by atoms with van der Waals surface area (Å²) >= 11 is 0. The summed E-state index contributed by atoms with van der Waals surface area (Å²) in [7, 11) is -2.06. The van der Waals surface area contributed by atoms with Crippen LogP contribution in [0.25, 0.3) is 0 Å². The molecule has 1 saturated carbocycles. The Labute approximate surface area is 201 Å². The molecule has 1 fully saturated rings. The molecule has 0 spiro atoms. The van der Waals surface area contributed by atoms with Gasteiger partial charge in [-0.3, -0.25) is 0 Å². The number of imidazole rings is 1. The van der Waals surface area contributed by atoms with Crippen molar-refractivity contribution >= 4 is 21.8 Å². The van der Waals surface area contributed by atoms with Gasteiger partial charge in [-0.2, -0.15) is 0 Å². The highest BCUT2D eigenvalue weighted by atomic mass is 32.2. The van der Waals surface area contributed by atoms with Crippen LogP contribution in [0, 0.1) is 5.92 Å². The summed E-state index contributed by atoms with van der Waals surface area (Å²) < 4.78 is 36.7. The van der Waals surface area contributed by atoms with Crippen LogP contribution in [0.15, 0.2) is 33.9 Å². The summed E-state index contributed by atoms with van der Waals surface area (Å²) in [6, 6.07) is 0. The number of esters is 2. The Balaban J connectivity index is 1.94. The third-order valence-electron chi connectivity index (χ3n) is 6.55. The minimum absolute atomic E-state index is 0.149. The quantitative estimate of drug-likeness (QED) is 0.412. The number of aromatic nitrogens is 2. The Bertz CT molecular complexity index is 1110. The first-order chi connectivity index (χ1) is 16.1. The summed E-state index contributed by atoms with van der Waals surface area (Å²) in [4.78, 5) is 30.3. The van der Waals surface area contributed by atoms with Gasteiger partial charge in [-0.25, -0.2) is 23.0 Å². The monoisotopic (exact) mass is 493 g/mol. The molecular weight excluding hydrogens is 458 g/mol. The highest BCUT2D eigenvalue weighted by Gasteiger charge is 2.40. The molecule has 10 heteroatoms. The van der Waals surface area contributed by atoms with Gasteiger partial charge in [-0.15, -0.1) is 0 Å². The molecule has 0 aromatic carbocycles. The number of rotatable bonds is 9. The first kappa shape index (κ1) is 26.0.